The molecule has 0 atom stereocenters. The number of aromatic nitrogens is 1. The van der Waals surface area contributed by atoms with Gasteiger partial charge in [-0.25, -0.2) is 9.98 Å². The fourth-order valence-electron chi connectivity index (χ4n) is 1.90. The summed E-state index contributed by atoms with van der Waals surface area (Å²) in [4.78, 5) is 8.87. The first-order chi connectivity index (χ1) is 10.8. The number of nitrogens with one attached hydrogen (secondary N) is 2. The number of guanidine groups is 1. The van der Waals surface area contributed by atoms with Gasteiger partial charge in [0.15, 0.2) is 5.96 Å². The summed E-state index contributed by atoms with van der Waals surface area (Å²) in [6, 6.07) is 3.92. The number of unbranched alkanes of at least 4 members (excludes halogenated alkanes) is 1. The van der Waals surface area contributed by atoms with Crippen molar-refractivity contribution in [1.82, 2.24) is 15.6 Å². The van der Waals surface area contributed by atoms with Crippen molar-refractivity contribution in [2.75, 3.05) is 31.7 Å². The average Bonchev–Trinajstić information content (AvgIpc) is 2.54. The van der Waals surface area contributed by atoms with Crippen LogP contribution in [0, 0.1) is 0 Å². The van der Waals surface area contributed by atoms with Crippen molar-refractivity contribution in [3.63, 3.8) is 0 Å². The Morgan fingerprint density at radius 2 is 2.18 bits per heavy atom. The SMILES string of the molecule is CCNC(=NCc1cccnc1OCC)NCCCCSC. The third kappa shape index (κ3) is 7.54. The molecule has 0 radical (unpaired) electrons. The summed E-state index contributed by atoms with van der Waals surface area (Å²) in [6.07, 6.45) is 6.27. The average molecular weight is 324 g/mol. The van der Waals surface area contributed by atoms with Crippen molar-refractivity contribution >= 4 is 17.7 Å². The maximum atomic E-state index is 5.53. The summed E-state index contributed by atoms with van der Waals surface area (Å²) in [5.74, 6) is 2.73. The molecule has 0 bridgehead atoms. The van der Waals surface area contributed by atoms with Crippen LogP contribution in [-0.4, -0.2) is 42.6 Å². The largest absolute Gasteiger partial charge is 0.478 e. The zero-order valence-corrected chi connectivity index (χ0v) is 14.7. The minimum absolute atomic E-state index is 0.559. The topological polar surface area (TPSA) is 58.5 Å². The van der Waals surface area contributed by atoms with E-state index < -0.39 is 0 Å². The van der Waals surface area contributed by atoms with E-state index in [-0.39, 0.29) is 0 Å². The summed E-state index contributed by atoms with van der Waals surface area (Å²) in [5.41, 5.74) is 1.00. The van der Waals surface area contributed by atoms with Crippen LogP contribution in [0.15, 0.2) is 23.3 Å². The Balaban J connectivity index is 2.54. The second-order valence-electron chi connectivity index (χ2n) is 4.72. The van der Waals surface area contributed by atoms with Crippen molar-refractivity contribution in [3.8, 4) is 5.88 Å². The molecule has 1 aromatic rings. The van der Waals surface area contributed by atoms with Gasteiger partial charge in [-0.05, 0) is 44.8 Å². The quantitative estimate of drug-likeness (QED) is 0.394. The van der Waals surface area contributed by atoms with Gasteiger partial charge in [-0.2, -0.15) is 11.8 Å². The van der Waals surface area contributed by atoms with Gasteiger partial charge >= 0.3 is 0 Å². The number of thioether (sulfide) groups is 1. The van der Waals surface area contributed by atoms with E-state index in [2.05, 4.69) is 33.8 Å². The Morgan fingerprint density at radius 3 is 2.91 bits per heavy atom. The van der Waals surface area contributed by atoms with Gasteiger partial charge in [0, 0.05) is 24.8 Å². The molecule has 0 aliphatic heterocycles. The molecule has 5 nitrogen and oxygen atoms in total. The number of pyridine rings is 1. The van der Waals surface area contributed by atoms with Gasteiger partial charge in [0.05, 0.1) is 13.2 Å². The third-order valence-electron chi connectivity index (χ3n) is 2.95. The van der Waals surface area contributed by atoms with E-state index in [1.165, 1.54) is 12.2 Å². The minimum Gasteiger partial charge on any atom is -0.478 e. The molecule has 1 rings (SSSR count). The van der Waals surface area contributed by atoms with E-state index in [9.17, 15) is 0 Å². The highest BCUT2D eigenvalue weighted by atomic mass is 32.2. The first kappa shape index (κ1) is 18.6. The summed E-state index contributed by atoms with van der Waals surface area (Å²) in [7, 11) is 0. The Labute approximate surface area is 138 Å². The molecular formula is C16H28N4OS. The summed E-state index contributed by atoms with van der Waals surface area (Å²) in [5, 5.41) is 6.64. The van der Waals surface area contributed by atoms with Gasteiger partial charge in [-0.1, -0.05) is 6.07 Å². The van der Waals surface area contributed by atoms with Crippen LogP contribution in [0.2, 0.25) is 0 Å². The summed E-state index contributed by atoms with van der Waals surface area (Å²) >= 11 is 1.89. The fraction of sp³-hybridized carbons (Fsp3) is 0.625. The van der Waals surface area contributed by atoms with Gasteiger partial charge in [0.2, 0.25) is 5.88 Å². The number of ether oxygens (including phenoxy) is 1. The number of rotatable bonds is 10. The number of nitrogens with zero attached hydrogens (tertiary/aromatic N) is 2. The lowest BCUT2D eigenvalue weighted by Gasteiger charge is -2.12. The van der Waals surface area contributed by atoms with Crippen molar-refractivity contribution in [2.45, 2.75) is 33.2 Å². The predicted molar refractivity (Wildman–Crippen MR) is 95.8 cm³/mol. The standard InChI is InChI=1S/C16H28N4OS/c1-4-17-16(19-10-6-7-12-22-3)20-13-14-9-8-11-18-15(14)21-5-2/h8-9,11H,4-7,10,12-13H2,1-3H3,(H2,17,19,20). The monoisotopic (exact) mass is 324 g/mol. The number of aliphatic imine (C=N–C) groups is 1. The van der Waals surface area contributed by atoms with Crippen molar-refractivity contribution in [2.24, 2.45) is 4.99 Å². The van der Waals surface area contributed by atoms with Crippen LogP contribution >= 0.6 is 11.8 Å². The van der Waals surface area contributed by atoms with Crippen LogP contribution in [0.25, 0.3) is 0 Å². The molecular weight excluding hydrogens is 296 g/mol. The molecule has 0 saturated heterocycles. The Bertz CT molecular complexity index is 440. The first-order valence-electron chi connectivity index (χ1n) is 7.89. The van der Waals surface area contributed by atoms with Gasteiger partial charge in [0.25, 0.3) is 0 Å². The first-order valence-corrected chi connectivity index (χ1v) is 9.29. The second kappa shape index (κ2) is 12.1. The van der Waals surface area contributed by atoms with E-state index in [0.29, 0.717) is 19.0 Å². The van der Waals surface area contributed by atoms with E-state index in [0.717, 1.165) is 31.0 Å². The molecule has 0 saturated carbocycles. The van der Waals surface area contributed by atoms with E-state index in [1.807, 2.05) is 30.8 Å². The molecule has 1 heterocycles. The van der Waals surface area contributed by atoms with Crippen LogP contribution in [0.3, 0.4) is 0 Å². The number of hydrogen-bond donors (Lipinski definition) is 2. The van der Waals surface area contributed by atoms with Gasteiger partial charge < -0.3 is 15.4 Å². The molecule has 0 fully saturated rings. The van der Waals surface area contributed by atoms with Gasteiger partial charge in [-0.15, -0.1) is 0 Å². The van der Waals surface area contributed by atoms with Gasteiger partial charge in [0.1, 0.15) is 0 Å². The predicted octanol–water partition coefficient (Wildman–Crippen LogP) is 2.68. The second-order valence-corrected chi connectivity index (χ2v) is 5.71. The fourth-order valence-corrected chi connectivity index (χ4v) is 2.39. The molecule has 0 aliphatic rings. The minimum atomic E-state index is 0.559. The maximum Gasteiger partial charge on any atom is 0.218 e. The molecule has 22 heavy (non-hydrogen) atoms. The molecule has 1 aromatic heterocycles. The summed E-state index contributed by atoms with van der Waals surface area (Å²) in [6.45, 7) is 6.99. The van der Waals surface area contributed by atoms with Crippen LogP contribution in [0.5, 0.6) is 5.88 Å². The van der Waals surface area contributed by atoms with Crippen LogP contribution < -0.4 is 15.4 Å². The Kier molecular flexibility index (Phi) is 10.3. The lowest BCUT2D eigenvalue weighted by molar-refractivity contribution is 0.323. The molecule has 0 amide bonds. The maximum absolute atomic E-state index is 5.53. The Morgan fingerprint density at radius 1 is 1.32 bits per heavy atom. The highest BCUT2D eigenvalue weighted by molar-refractivity contribution is 7.98. The highest BCUT2D eigenvalue weighted by Crippen LogP contribution is 2.15. The van der Waals surface area contributed by atoms with Gasteiger partial charge in [-0.3, -0.25) is 0 Å². The zero-order chi connectivity index (χ0) is 16.0. The zero-order valence-electron chi connectivity index (χ0n) is 13.9. The summed E-state index contributed by atoms with van der Waals surface area (Å²) < 4.78 is 5.53. The molecule has 0 aromatic carbocycles. The van der Waals surface area contributed by atoms with Crippen LogP contribution in [0.4, 0.5) is 0 Å². The number of hydrogen-bond acceptors (Lipinski definition) is 4. The lowest BCUT2D eigenvalue weighted by atomic mass is 10.3. The smallest absolute Gasteiger partial charge is 0.218 e. The highest BCUT2D eigenvalue weighted by Gasteiger charge is 2.04. The molecule has 6 heteroatoms. The third-order valence-corrected chi connectivity index (χ3v) is 3.65. The normalized spacial score (nSPS) is 11.3. The molecule has 0 unspecified atom stereocenters. The Hall–Kier alpha value is -1.43. The van der Waals surface area contributed by atoms with Crippen molar-refractivity contribution in [3.05, 3.63) is 23.9 Å². The van der Waals surface area contributed by atoms with E-state index in [4.69, 9.17) is 4.74 Å². The van der Waals surface area contributed by atoms with Crippen LogP contribution in [-0.2, 0) is 6.54 Å². The van der Waals surface area contributed by atoms with Crippen molar-refractivity contribution < 1.29 is 4.74 Å². The van der Waals surface area contributed by atoms with Crippen molar-refractivity contribution in [1.29, 1.82) is 0 Å². The molecule has 124 valence electrons. The molecule has 2 N–H and O–H groups in total. The van der Waals surface area contributed by atoms with E-state index in [1.54, 1.807) is 6.20 Å². The molecule has 0 spiro atoms. The van der Waals surface area contributed by atoms with Crippen LogP contribution in [0.1, 0.15) is 32.3 Å². The molecule has 0 aliphatic carbocycles. The lowest BCUT2D eigenvalue weighted by Crippen LogP contribution is -2.37. The van der Waals surface area contributed by atoms with E-state index >= 15 is 0 Å².